The van der Waals surface area contributed by atoms with Gasteiger partial charge in [0.1, 0.15) is 5.54 Å². The Balaban J connectivity index is 2.74. The zero-order valence-electron chi connectivity index (χ0n) is 11.8. The van der Waals surface area contributed by atoms with Crippen LogP contribution < -0.4 is 14.8 Å². The van der Waals surface area contributed by atoms with E-state index in [-0.39, 0.29) is 6.10 Å². The number of hydrogen-bond acceptors (Lipinski definition) is 4. The molecule has 2 atom stereocenters. The number of para-hydroxylation sites is 2. The van der Waals surface area contributed by atoms with Crippen molar-refractivity contribution in [3.8, 4) is 11.5 Å². The molecule has 5 heteroatoms. The second-order valence-electron chi connectivity index (χ2n) is 4.67. The van der Waals surface area contributed by atoms with Crippen molar-refractivity contribution in [1.82, 2.24) is 5.32 Å². The number of ether oxygens (including phenoxy) is 2. The molecule has 0 aliphatic heterocycles. The van der Waals surface area contributed by atoms with Gasteiger partial charge in [-0.2, -0.15) is 0 Å². The first-order chi connectivity index (χ1) is 8.92. The minimum Gasteiger partial charge on any atom is -0.493 e. The average molecular weight is 267 g/mol. The lowest BCUT2D eigenvalue weighted by molar-refractivity contribution is -0.145. The minimum absolute atomic E-state index is 0.259. The Hall–Kier alpha value is -1.75. The van der Waals surface area contributed by atoms with E-state index in [0.29, 0.717) is 17.9 Å². The highest BCUT2D eigenvalue weighted by Crippen LogP contribution is 2.28. The molecular weight excluding hydrogens is 246 g/mol. The van der Waals surface area contributed by atoms with E-state index < -0.39 is 11.5 Å². The maximum atomic E-state index is 11.2. The first kappa shape index (κ1) is 15.3. The fourth-order valence-corrected chi connectivity index (χ4v) is 1.85. The molecule has 0 saturated carbocycles. The first-order valence-corrected chi connectivity index (χ1v) is 6.15. The van der Waals surface area contributed by atoms with Gasteiger partial charge in [0, 0.05) is 6.42 Å². The van der Waals surface area contributed by atoms with Crippen molar-refractivity contribution >= 4 is 5.97 Å². The summed E-state index contributed by atoms with van der Waals surface area (Å²) < 4.78 is 10.9. The fourth-order valence-electron chi connectivity index (χ4n) is 1.85. The minimum atomic E-state index is -1.01. The van der Waals surface area contributed by atoms with E-state index in [2.05, 4.69) is 5.32 Å². The number of hydrogen-bond donors (Lipinski definition) is 2. The van der Waals surface area contributed by atoms with Crippen molar-refractivity contribution in [1.29, 1.82) is 0 Å². The second-order valence-corrected chi connectivity index (χ2v) is 4.67. The van der Waals surface area contributed by atoms with Crippen LogP contribution >= 0.6 is 0 Å². The van der Waals surface area contributed by atoms with E-state index in [0.717, 1.165) is 0 Å². The molecule has 0 aliphatic carbocycles. The van der Waals surface area contributed by atoms with Gasteiger partial charge in [-0.25, -0.2) is 0 Å². The van der Waals surface area contributed by atoms with Crippen molar-refractivity contribution in [3.05, 3.63) is 24.3 Å². The third-order valence-corrected chi connectivity index (χ3v) is 3.12. The zero-order valence-corrected chi connectivity index (χ0v) is 11.8. The van der Waals surface area contributed by atoms with E-state index in [4.69, 9.17) is 9.47 Å². The van der Waals surface area contributed by atoms with Crippen molar-refractivity contribution < 1.29 is 19.4 Å². The van der Waals surface area contributed by atoms with Crippen molar-refractivity contribution in [2.75, 3.05) is 14.2 Å². The SMILES string of the molecule is CNC(C)(CC(C)Oc1ccccc1OC)C(=O)O. The Labute approximate surface area is 113 Å². The first-order valence-electron chi connectivity index (χ1n) is 6.15. The van der Waals surface area contributed by atoms with Crippen molar-refractivity contribution in [3.63, 3.8) is 0 Å². The average Bonchev–Trinajstić information content (AvgIpc) is 2.38. The standard InChI is InChI=1S/C14H21NO4/c1-10(9-14(2,15-3)13(16)17)19-12-8-6-5-7-11(12)18-4/h5-8,10,15H,9H2,1-4H3,(H,16,17). The Kier molecular flexibility index (Phi) is 5.18. The number of carbonyl (C=O) groups is 1. The number of carboxylic acids is 1. The van der Waals surface area contributed by atoms with Crippen LogP contribution in [0.3, 0.4) is 0 Å². The van der Waals surface area contributed by atoms with Gasteiger partial charge in [-0.15, -0.1) is 0 Å². The number of carboxylic acid groups (broad SMARTS) is 1. The topological polar surface area (TPSA) is 67.8 Å². The van der Waals surface area contributed by atoms with Crippen LogP contribution in [-0.2, 0) is 4.79 Å². The van der Waals surface area contributed by atoms with Crippen molar-refractivity contribution in [2.24, 2.45) is 0 Å². The summed E-state index contributed by atoms with van der Waals surface area (Å²) in [4.78, 5) is 11.2. The molecule has 0 radical (unpaired) electrons. The molecule has 1 rings (SSSR count). The molecule has 5 nitrogen and oxygen atoms in total. The number of methoxy groups -OCH3 is 1. The molecule has 0 saturated heterocycles. The van der Waals surface area contributed by atoms with Crippen molar-refractivity contribution in [2.45, 2.75) is 31.9 Å². The van der Waals surface area contributed by atoms with E-state index >= 15 is 0 Å². The molecule has 2 N–H and O–H groups in total. The molecule has 106 valence electrons. The molecule has 0 spiro atoms. The predicted octanol–water partition coefficient (Wildman–Crippen LogP) is 1.92. The monoisotopic (exact) mass is 267 g/mol. The molecule has 0 bridgehead atoms. The molecule has 0 amide bonds. The number of likely N-dealkylation sites (N-methyl/N-ethyl adjacent to an activating group) is 1. The molecule has 1 aromatic rings. The number of benzene rings is 1. The Morgan fingerprint density at radius 3 is 2.47 bits per heavy atom. The zero-order chi connectivity index (χ0) is 14.5. The molecule has 0 aliphatic rings. The quantitative estimate of drug-likeness (QED) is 0.790. The Bertz CT molecular complexity index is 435. The largest absolute Gasteiger partial charge is 0.493 e. The van der Waals surface area contributed by atoms with Crippen LogP contribution in [0.2, 0.25) is 0 Å². The molecule has 0 heterocycles. The van der Waals surface area contributed by atoms with Gasteiger partial charge in [0.25, 0.3) is 0 Å². The summed E-state index contributed by atoms with van der Waals surface area (Å²) in [5.41, 5.74) is -1.01. The molecule has 19 heavy (non-hydrogen) atoms. The summed E-state index contributed by atoms with van der Waals surface area (Å²) in [6.45, 7) is 3.47. The lowest BCUT2D eigenvalue weighted by Gasteiger charge is -2.28. The van der Waals surface area contributed by atoms with Gasteiger partial charge in [-0.1, -0.05) is 12.1 Å². The van der Waals surface area contributed by atoms with Gasteiger partial charge in [0.15, 0.2) is 11.5 Å². The molecular formula is C14H21NO4. The third kappa shape index (κ3) is 3.86. The van der Waals surface area contributed by atoms with Gasteiger partial charge in [0.2, 0.25) is 0 Å². The van der Waals surface area contributed by atoms with Gasteiger partial charge in [-0.05, 0) is 33.0 Å². The summed E-state index contributed by atoms with van der Waals surface area (Å²) in [6.07, 6.45) is 0.0847. The highest BCUT2D eigenvalue weighted by atomic mass is 16.5. The van der Waals surface area contributed by atoms with E-state index in [1.807, 2.05) is 19.1 Å². The van der Waals surface area contributed by atoms with E-state index in [1.54, 1.807) is 33.2 Å². The van der Waals surface area contributed by atoms with Crippen LogP contribution in [0.5, 0.6) is 11.5 Å². The summed E-state index contributed by atoms with van der Waals surface area (Å²) in [5.74, 6) is 0.350. The fraction of sp³-hybridized carbons (Fsp3) is 0.500. The lowest BCUT2D eigenvalue weighted by Crippen LogP contribution is -2.50. The van der Waals surface area contributed by atoms with Crippen LogP contribution in [0, 0.1) is 0 Å². The highest BCUT2D eigenvalue weighted by Gasteiger charge is 2.33. The smallest absolute Gasteiger partial charge is 0.323 e. The predicted molar refractivity (Wildman–Crippen MR) is 72.8 cm³/mol. The summed E-state index contributed by atoms with van der Waals surface area (Å²) in [6, 6.07) is 7.30. The maximum absolute atomic E-state index is 11.2. The van der Waals surface area contributed by atoms with Gasteiger partial charge < -0.3 is 19.9 Å². The molecule has 0 fully saturated rings. The third-order valence-electron chi connectivity index (χ3n) is 3.12. The number of rotatable bonds is 7. The summed E-state index contributed by atoms with van der Waals surface area (Å²) >= 11 is 0. The van der Waals surface area contributed by atoms with E-state index in [1.165, 1.54) is 0 Å². The Morgan fingerprint density at radius 2 is 2.00 bits per heavy atom. The Morgan fingerprint density at radius 1 is 1.42 bits per heavy atom. The van der Waals surface area contributed by atoms with Crippen LogP contribution in [0.25, 0.3) is 0 Å². The normalized spacial score (nSPS) is 15.4. The lowest BCUT2D eigenvalue weighted by atomic mass is 9.95. The molecule has 2 unspecified atom stereocenters. The highest BCUT2D eigenvalue weighted by molar-refractivity contribution is 5.78. The molecule has 1 aromatic carbocycles. The number of nitrogens with one attached hydrogen (secondary N) is 1. The number of aliphatic carboxylic acids is 1. The summed E-state index contributed by atoms with van der Waals surface area (Å²) in [5, 5.41) is 12.0. The second kappa shape index (κ2) is 6.43. The summed E-state index contributed by atoms with van der Waals surface area (Å²) in [7, 11) is 3.20. The van der Waals surface area contributed by atoms with Gasteiger partial charge >= 0.3 is 5.97 Å². The maximum Gasteiger partial charge on any atom is 0.323 e. The van der Waals surface area contributed by atoms with E-state index in [9.17, 15) is 9.90 Å². The van der Waals surface area contributed by atoms with Crippen LogP contribution in [-0.4, -0.2) is 36.9 Å². The molecule has 0 aromatic heterocycles. The van der Waals surface area contributed by atoms with Gasteiger partial charge in [-0.3, -0.25) is 4.79 Å². The van der Waals surface area contributed by atoms with Crippen LogP contribution in [0.4, 0.5) is 0 Å². The van der Waals surface area contributed by atoms with Crippen LogP contribution in [0.1, 0.15) is 20.3 Å². The van der Waals surface area contributed by atoms with Gasteiger partial charge in [0.05, 0.1) is 13.2 Å². The van der Waals surface area contributed by atoms with Crippen LogP contribution in [0.15, 0.2) is 24.3 Å².